The SMILES string of the molecule is C[C@@H](NC(=O)[C@H]1CC[C@H](NS(=O)(=O)c2ccc(-c3ccccc3C#N)c(N)c2)CC1)c1ccc(F)cc1. The standard InChI is InChI=1S/C28H29FN4O3S/c1-18(19-6-10-22(29)11-7-19)32-28(34)20-8-12-23(13-9-20)33-37(35,36)24-14-15-26(27(31)16-24)25-5-3-2-4-21(25)17-30/h2-7,10-11,14-16,18,20,23,33H,8-9,12-13,31H2,1H3,(H,32,34)/t18-,20-,23-/m1/s1. The van der Waals surface area contributed by atoms with E-state index in [4.69, 9.17) is 5.73 Å². The zero-order valence-corrected chi connectivity index (χ0v) is 21.3. The predicted molar refractivity (Wildman–Crippen MR) is 140 cm³/mol. The van der Waals surface area contributed by atoms with E-state index in [0.717, 1.165) is 5.56 Å². The Morgan fingerprint density at radius 3 is 2.35 bits per heavy atom. The molecule has 3 aromatic carbocycles. The van der Waals surface area contributed by atoms with Gasteiger partial charge in [-0.05, 0) is 68.5 Å². The molecule has 1 atom stereocenters. The van der Waals surface area contributed by atoms with E-state index in [2.05, 4.69) is 16.1 Å². The van der Waals surface area contributed by atoms with Crippen molar-refractivity contribution in [2.75, 3.05) is 5.73 Å². The summed E-state index contributed by atoms with van der Waals surface area (Å²) < 4.78 is 42.0. The monoisotopic (exact) mass is 520 g/mol. The van der Waals surface area contributed by atoms with Gasteiger partial charge in [0, 0.05) is 28.8 Å². The molecule has 3 aromatic rings. The van der Waals surface area contributed by atoms with Crippen LogP contribution in [0.2, 0.25) is 0 Å². The molecule has 1 aliphatic rings. The molecule has 0 unspecified atom stereocenters. The van der Waals surface area contributed by atoms with Gasteiger partial charge in [-0.15, -0.1) is 0 Å². The third-order valence-electron chi connectivity index (χ3n) is 6.82. The van der Waals surface area contributed by atoms with Gasteiger partial charge in [0.25, 0.3) is 0 Å². The Morgan fingerprint density at radius 1 is 1.03 bits per heavy atom. The van der Waals surface area contributed by atoms with Crippen molar-refractivity contribution in [3.8, 4) is 17.2 Å². The molecule has 4 N–H and O–H groups in total. The lowest BCUT2D eigenvalue weighted by Crippen LogP contribution is -2.41. The zero-order valence-electron chi connectivity index (χ0n) is 20.4. The van der Waals surface area contributed by atoms with Gasteiger partial charge >= 0.3 is 0 Å². The first-order valence-corrected chi connectivity index (χ1v) is 13.6. The van der Waals surface area contributed by atoms with Gasteiger partial charge < -0.3 is 11.1 Å². The third kappa shape index (κ3) is 6.16. The van der Waals surface area contributed by atoms with Crippen LogP contribution in [-0.2, 0) is 14.8 Å². The van der Waals surface area contributed by atoms with E-state index in [0.29, 0.717) is 42.4 Å². The summed E-state index contributed by atoms with van der Waals surface area (Å²) in [4.78, 5) is 12.8. The molecule has 0 saturated heterocycles. The van der Waals surface area contributed by atoms with Gasteiger partial charge in [0.05, 0.1) is 22.6 Å². The summed E-state index contributed by atoms with van der Waals surface area (Å²) in [5, 5.41) is 12.3. The number of nitriles is 1. The van der Waals surface area contributed by atoms with Crippen molar-refractivity contribution in [3.05, 3.63) is 83.7 Å². The summed E-state index contributed by atoms with van der Waals surface area (Å²) in [5.41, 5.74) is 8.96. The Bertz CT molecular complexity index is 1430. The van der Waals surface area contributed by atoms with Gasteiger partial charge in [0.2, 0.25) is 15.9 Å². The maximum atomic E-state index is 13.1. The van der Waals surface area contributed by atoms with E-state index in [9.17, 15) is 22.9 Å². The predicted octanol–water partition coefficient (Wildman–Crippen LogP) is 4.66. The number of nitrogens with one attached hydrogen (secondary N) is 2. The minimum Gasteiger partial charge on any atom is -0.398 e. The van der Waals surface area contributed by atoms with E-state index >= 15 is 0 Å². The smallest absolute Gasteiger partial charge is 0.240 e. The fourth-order valence-electron chi connectivity index (χ4n) is 4.70. The minimum atomic E-state index is -3.82. The number of rotatable bonds is 7. The topological polar surface area (TPSA) is 125 Å². The molecule has 4 rings (SSSR count). The number of sulfonamides is 1. The highest BCUT2D eigenvalue weighted by Crippen LogP contribution is 2.31. The minimum absolute atomic E-state index is 0.0520. The zero-order chi connectivity index (χ0) is 26.6. The molecule has 0 aliphatic heterocycles. The van der Waals surface area contributed by atoms with E-state index in [-0.39, 0.29) is 40.3 Å². The number of nitrogens with two attached hydrogens (primary N) is 1. The molecule has 0 aromatic heterocycles. The lowest BCUT2D eigenvalue weighted by Gasteiger charge is -2.29. The Kier molecular flexibility index (Phi) is 7.91. The van der Waals surface area contributed by atoms with Gasteiger partial charge in [-0.1, -0.05) is 36.4 Å². The molecule has 0 bridgehead atoms. The quantitative estimate of drug-likeness (QED) is 0.391. The normalized spacial score (nSPS) is 18.5. The van der Waals surface area contributed by atoms with Gasteiger partial charge in [-0.3, -0.25) is 4.79 Å². The van der Waals surface area contributed by atoms with Gasteiger partial charge in [0.1, 0.15) is 5.82 Å². The summed E-state index contributed by atoms with van der Waals surface area (Å²) in [6.45, 7) is 1.85. The lowest BCUT2D eigenvalue weighted by molar-refractivity contribution is -0.126. The fraction of sp³-hybridized carbons (Fsp3) is 0.286. The number of nitrogens with zero attached hydrogens (tertiary/aromatic N) is 1. The van der Waals surface area contributed by atoms with Crippen LogP contribution >= 0.6 is 0 Å². The average Bonchev–Trinajstić information content (AvgIpc) is 2.89. The average molecular weight is 521 g/mol. The Hall–Kier alpha value is -3.74. The van der Waals surface area contributed by atoms with E-state index in [1.807, 2.05) is 6.92 Å². The Labute approximate surface area is 216 Å². The number of hydrogen-bond acceptors (Lipinski definition) is 5. The number of hydrogen-bond donors (Lipinski definition) is 3. The van der Waals surface area contributed by atoms with Crippen LogP contribution in [0.4, 0.5) is 10.1 Å². The molecule has 192 valence electrons. The number of amides is 1. The van der Waals surface area contributed by atoms with E-state index in [1.165, 1.54) is 24.3 Å². The molecule has 1 fully saturated rings. The summed E-state index contributed by atoms with van der Waals surface area (Å²) in [6, 6.07) is 19.1. The van der Waals surface area contributed by atoms with Gasteiger partial charge in [-0.2, -0.15) is 5.26 Å². The number of nitrogen functional groups attached to an aromatic ring is 1. The van der Waals surface area contributed by atoms with Crippen molar-refractivity contribution in [3.63, 3.8) is 0 Å². The number of benzene rings is 3. The summed E-state index contributed by atoms with van der Waals surface area (Å²) in [6.07, 6.45) is 2.18. The van der Waals surface area contributed by atoms with Crippen molar-refractivity contribution in [2.45, 2.75) is 49.6 Å². The molecular formula is C28H29FN4O3S. The van der Waals surface area contributed by atoms with Crippen LogP contribution in [0.25, 0.3) is 11.1 Å². The maximum absolute atomic E-state index is 13.1. The van der Waals surface area contributed by atoms with Crippen molar-refractivity contribution in [1.82, 2.24) is 10.0 Å². The highest BCUT2D eigenvalue weighted by Gasteiger charge is 2.30. The highest BCUT2D eigenvalue weighted by molar-refractivity contribution is 7.89. The maximum Gasteiger partial charge on any atom is 0.240 e. The van der Waals surface area contributed by atoms with Crippen molar-refractivity contribution in [1.29, 1.82) is 5.26 Å². The second-order valence-electron chi connectivity index (χ2n) is 9.36. The molecule has 9 heteroatoms. The molecule has 1 aliphatic carbocycles. The number of halogens is 1. The van der Waals surface area contributed by atoms with Crippen LogP contribution in [0.1, 0.15) is 49.8 Å². The van der Waals surface area contributed by atoms with Crippen LogP contribution in [0.5, 0.6) is 0 Å². The molecular weight excluding hydrogens is 491 g/mol. The van der Waals surface area contributed by atoms with E-state index < -0.39 is 10.0 Å². The number of carbonyl (C=O) groups is 1. The first-order valence-electron chi connectivity index (χ1n) is 12.1. The molecule has 0 spiro atoms. The first kappa shape index (κ1) is 26.3. The van der Waals surface area contributed by atoms with Crippen LogP contribution in [0.15, 0.2) is 71.6 Å². The molecule has 1 amide bonds. The summed E-state index contributed by atoms with van der Waals surface area (Å²) in [7, 11) is -3.82. The van der Waals surface area contributed by atoms with Gasteiger partial charge in [-0.25, -0.2) is 17.5 Å². The molecule has 0 radical (unpaired) electrons. The van der Waals surface area contributed by atoms with Crippen molar-refractivity contribution in [2.24, 2.45) is 5.92 Å². The van der Waals surface area contributed by atoms with E-state index in [1.54, 1.807) is 42.5 Å². The van der Waals surface area contributed by atoms with Crippen LogP contribution in [0, 0.1) is 23.1 Å². The third-order valence-corrected chi connectivity index (χ3v) is 8.34. The highest BCUT2D eigenvalue weighted by atomic mass is 32.2. The number of anilines is 1. The second kappa shape index (κ2) is 11.1. The van der Waals surface area contributed by atoms with Crippen LogP contribution in [0.3, 0.4) is 0 Å². The first-order chi connectivity index (χ1) is 17.7. The number of carbonyl (C=O) groups excluding carboxylic acids is 1. The fourth-order valence-corrected chi connectivity index (χ4v) is 6.04. The largest absolute Gasteiger partial charge is 0.398 e. The summed E-state index contributed by atoms with van der Waals surface area (Å²) >= 11 is 0. The molecule has 0 heterocycles. The van der Waals surface area contributed by atoms with Crippen molar-refractivity contribution < 1.29 is 17.6 Å². The Balaban J connectivity index is 1.35. The summed E-state index contributed by atoms with van der Waals surface area (Å²) in [5.74, 6) is -0.621. The Morgan fingerprint density at radius 2 is 1.70 bits per heavy atom. The molecule has 7 nitrogen and oxygen atoms in total. The molecule has 1 saturated carbocycles. The van der Waals surface area contributed by atoms with Crippen molar-refractivity contribution >= 4 is 21.6 Å². The lowest BCUT2D eigenvalue weighted by atomic mass is 9.85. The van der Waals surface area contributed by atoms with Gasteiger partial charge in [0.15, 0.2) is 0 Å². The molecule has 37 heavy (non-hydrogen) atoms. The van der Waals surface area contributed by atoms with Crippen LogP contribution < -0.4 is 15.8 Å². The second-order valence-corrected chi connectivity index (χ2v) is 11.1. The van der Waals surface area contributed by atoms with Crippen LogP contribution in [-0.4, -0.2) is 20.4 Å².